The van der Waals surface area contributed by atoms with Gasteiger partial charge in [0.2, 0.25) is 5.89 Å². The Balaban J connectivity index is 1.98. The van der Waals surface area contributed by atoms with Gasteiger partial charge in [0.25, 0.3) is 0 Å². The van der Waals surface area contributed by atoms with Crippen LogP contribution in [0.25, 0.3) is 22.2 Å². The van der Waals surface area contributed by atoms with Gasteiger partial charge in [0.05, 0.1) is 0 Å². The van der Waals surface area contributed by atoms with Crippen LogP contribution in [0, 0.1) is 6.92 Å². The molecule has 0 amide bonds. The molecule has 0 saturated heterocycles. The second-order valence-corrected chi connectivity index (χ2v) is 4.80. The predicted molar refractivity (Wildman–Crippen MR) is 78.9 cm³/mol. The van der Waals surface area contributed by atoms with Crippen LogP contribution in [0.1, 0.15) is 17.0 Å². The van der Waals surface area contributed by atoms with Gasteiger partial charge in [-0.3, -0.25) is 0 Å². The molecule has 1 aromatic heterocycles. The minimum absolute atomic E-state index is 0.448. The zero-order valence-corrected chi connectivity index (χ0v) is 11.2. The van der Waals surface area contributed by atoms with Crippen LogP contribution in [0.2, 0.25) is 0 Å². The first kappa shape index (κ1) is 12.0. The Bertz CT molecular complexity index is 708. The third kappa shape index (κ3) is 2.54. The molecular weight excluding hydrogens is 258 g/mol. The number of para-hydroxylation sites is 2. The van der Waals surface area contributed by atoms with E-state index in [0.29, 0.717) is 10.9 Å². The van der Waals surface area contributed by atoms with Gasteiger partial charge in [-0.15, -0.1) is 0 Å². The van der Waals surface area contributed by atoms with E-state index < -0.39 is 0 Å². The fourth-order valence-corrected chi connectivity index (χ4v) is 2.05. The molecule has 3 aromatic rings. The zero-order valence-electron chi connectivity index (χ0n) is 10.4. The molecule has 0 saturated carbocycles. The van der Waals surface area contributed by atoms with Gasteiger partial charge in [-0.25, -0.2) is 4.98 Å². The van der Waals surface area contributed by atoms with Gasteiger partial charge < -0.3 is 4.42 Å². The topological polar surface area (TPSA) is 26.0 Å². The highest BCUT2D eigenvalue weighted by molar-refractivity contribution is 6.50. The molecule has 0 bridgehead atoms. The summed E-state index contributed by atoms with van der Waals surface area (Å²) < 4.78 is 5.61. The second-order valence-electron chi connectivity index (χ2n) is 4.39. The van der Waals surface area contributed by atoms with Crippen molar-refractivity contribution in [2.45, 2.75) is 6.92 Å². The lowest BCUT2D eigenvalue weighted by Crippen LogP contribution is -1.78. The number of fused-ring (bicyclic) bond motifs is 1. The van der Waals surface area contributed by atoms with E-state index in [1.54, 1.807) is 0 Å². The second kappa shape index (κ2) is 4.90. The van der Waals surface area contributed by atoms with E-state index in [2.05, 4.69) is 11.9 Å². The third-order valence-electron chi connectivity index (χ3n) is 2.87. The summed E-state index contributed by atoms with van der Waals surface area (Å²) in [5, 5.41) is 0.500. The van der Waals surface area contributed by atoms with E-state index in [1.807, 2.05) is 54.6 Å². The quantitative estimate of drug-likeness (QED) is 0.663. The maximum absolute atomic E-state index is 6.26. The first-order chi connectivity index (χ1) is 9.22. The number of rotatable bonds is 2. The molecule has 2 nitrogen and oxygen atoms in total. The SMILES string of the molecule is Cc1ccc(/C=C(\Cl)c2nc3ccccc3o2)cc1. The van der Waals surface area contributed by atoms with Crippen LogP contribution in [0.5, 0.6) is 0 Å². The number of halogens is 1. The van der Waals surface area contributed by atoms with Gasteiger partial charge in [-0.1, -0.05) is 53.6 Å². The van der Waals surface area contributed by atoms with Crippen molar-refractivity contribution in [2.75, 3.05) is 0 Å². The first-order valence-electron chi connectivity index (χ1n) is 6.02. The summed E-state index contributed by atoms with van der Waals surface area (Å²) in [6.45, 7) is 2.05. The molecule has 2 aromatic carbocycles. The smallest absolute Gasteiger partial charge is 0.238 e. The van der Waals surface area contributed by atoms with Crippen molar-refractivity contribution in [3.63, 3.8) is 0 Å². The average Bonchev–Trinajstić information content (AvgIpc) is 2.85. The highest BCUT2D eigenvalue weighted by Crippen LogP contribution is 2.25. The standard InChI is InChI=1S/C16H12ClNO/c1-11-6-8-12(9-7-11)10-13(17)16-18-14-4-2-3-5-15(14)19-16/h2-10H,1H3/b13-10-. The Hall–Kier alpha value is -2.06. The van der Waals surface area contributed by atoms with Crippen molar-refractivity contribution in [3.05, 3.63) is 65.5 Å². The maximum Gasteiger partial charge on any atom is 0.238 e. The van der Waals surface area contributed by atoms with E-state index in [0.717, 1.165) is 16.7 Å². The maximum atomic E-state index is 6.26. The van der Waals surface area contributed by atoms with Crippen molar-refractivity contribution in [2.24, 2.45) is 0 Å². The normalized spacial score (nSPS) is 12.0. The van der Waals surface area contributed by atoms with Crippen molar-refractivity contribution in [1.82, 2.24) is 4.98 Å². The molecule has 0 N–H and O–H groups in total. The molecule has 0 aliphatic rings. The number of nitrogens with zero attached hydrogens (tertiary/aromatic N) is 1. The van der Waals surface area contributed by atoms with Crippen LogP contribution in [0.15, 0.2) is 52.9 Å². The molecular formula is C16H12ClNO. The fraction of sp³-hybridized carbons (Fsp3) is 0.0625. The summed E-state index contributed by atoms with van der Waals surface area (Å²) in [7, 11) is 0. The zero-order chi connectivity index (χ0) is 13.2. The number of oxazole rings is 1. The number of aromatic nitrogens is 1. The van der Waals surface area contributed by atoms with E-state index in [-0.39, 0.29) is 0 Å². The molecule has 0 spiro atoms. The van der Waals surface area contributed by atoms with Crippen LogP contribution >= 0.6 is 11.6 Å². The molecule has 3 heteroatoms. The lowest BCUT2D eigenvalue weighted by molar-refractivity contribution is 0.588. The molecule has 0 unspecified atom stereocenters. The van der Waals surface area contributed by atoms with Gasteiger partial charge in [-0.05, 0) is 30.7 Å². The molecule has 0 aliphatic carbocycles. The molecule has 0 fully saturated rings. The average molecular weight is 270 g/mol. The largest absolute Gasteiger partial charge is 0.435 e. The summed E-state index contributed by atoms with van der Waals surface area (Å²) >= 11 is 6.26. The Labute approximate surface area is 116 Å². The molecule has 1 heterocycles. The minimum atomic E-state index is 0.448. The van der Waals surface area contributed by atoms with Crippen molar-refractivity contribution in [3.8, 4) is 0 Å². The van der Waals surface area contributed by atoms with E-state index >= 15 is 0 Å². The molecule has 19 heavy (non-hydrogen) atoms. The van der Waals surface area contributed by atoms with Crippen LogP contribution < -0.4 is 0 Å². The molecule has 0 atom stereocenters. The Kier molecular flexibility index (Phi) is 3.10. The van der Waals surface area contributed by atoms with E-state index in [9.17, 15) is 0 Å². The van der Waals surface area contributed by atoms with Gasteiger partial charge in [0.15, 0.2) is 5.58 Å². The van der Waals surface area contributed by atoms with Crippen LogP contribution in [0.3, 0.4) is 0 Å². The lowest BCUT2D eigenvalue weighted by Gasteiger charge is -1.96. The Morgan fingerprint density at radius 1 is 1.11 bits per heavy atom. The van der Waals surface area contributed by atoms with Crippen molar-refractivity contribution < 1.29 is 4.42 Å². The van der Waals surface area contributed by atoms with Crippen molar-refractivity contribution >= 4 is 33.8 Å². The van der Waals surface area contributed by atoms with Gasteiger partial charge in [0, 0.05) is 0 Å². The van der Waals surface area contributed by atoms with Crippen molar-refractivity contribution in [1.29, 1.82) is 0 Å². The van der Waals surface area contributed by atoms with E-state index in [1.165, 1.54) is 5.56 Å². The summed E-state index contributed by atoms with van der Waals surface area (Å²) in [6, 6.07) is 15.7. The van der Waals surface area contributed by atoms with Gasteiger partial charge in [-0.2, -0.15) is 0 Å². The number of benzene rings is 2. The van der Waals surface area contributed by atoms with Gasteiger partial charge in [0.1, 0.15) is 10.5 Å². The van der Waals surface area contributed by atoms with Crippen LogP contribution in [0.4, 0.5) is 0 Å². The monoisotopic (exact) mass is 269 g/mol. The van der Waals surface area contributed by atoms with Crippen LogP contribution in [-0.4, -0.2) is 4.98 Å². The Morgan fingerprint density at radius 3 is 2.58 bits per heavy atom. The first-order valence-corrected chi connectivity index (χ1v) is 6.40. The summed E-state index contributed by atoms with van der Waals surface area (Å²) in [5.74, 6) is 0.448. The highest BCUT2D eigenvalue weighted by atomic mass is 35.5. The highest BCUT2D eigenvalue weighted by Gasteiger charge is 2.08. The van der Waals surface area contributed by atoms with Gasteiger partial charge >= 0.3 is 0 Å². The molecule has 0 radical (unpaired) electrons. The number of aryl methyl sites for hydroxylation is 1. The summed E-state index contributed by atoms with van der Waals surface area (Å²) in [6.07, 6.45) is 1.85. The summed E-state index contributed by atoms with van der Waals surface area (Å²) in [5.41, 5.74) is 3.80. The molecule has 0 aliphatic heterocycles. The Morgan fingerprint density at radius 2 is 1.84 bits per heavy atom. The number of hydrogen-bond acceptors (Lipinski definition) is 2. The number of hydrogen-bond donors (Lipinski definition) is 0. The van der Waals surface area contributed by atoms with E-state index in [4.69, 9.17) is 16.0 Å². The fourth-order valence-electron chi connectivity index (χ4n) is 1.85. The molecule has 3 rings (SSSR count). The predicted octanol–water partition coefficient (Wildman–Crippen LogP) is 4.87. The summed E-state index contributed by atoms with van der Waals surface area (Å²) in [4.78, 5) is 4.36. The lowest BCUT2D eigenvalue weighted by atomic mass is 10.1. The third-order valence-corrected chi connectivity index (χ3v) is 3.14. The molecule has 94 valence electrons. The minimum Gasteiger partial charge on any atom is -0.435 e. The van der Waals surface area contributed by atoms with Crippen LogP contribution in [-0.2, 0) is 0 Å².